The summed E-state index contributed by atoms with van der Waals surface area (Å²) in [5.74, 6) is -3.37. The van der Waals surface area contributed by atoms with Crippen molar-refractivity contribution in [1.82, 2.24) is 5.32 Å². The quantitative estimate of drug-likeness (QED) is 0.347. The second kappa shape index (κ2) is 10.8. The van der Waals surface area contributed by atoms with Crippen LogP contribution in [0.25, 0.3) is 0 Å². The Hall–Kier alpha value is -3.79. The number of ether oxygens (including phenoxy) is 2. The first-order valence-corrected chi connectivity index (χ1v) is 9.20. The highest BCUT2D eigenvalue weighted by atomic mass is 16.6. The van der Waals surface area contributed by atoms with E-state index in [0.29, 0.717) is 11.1 Å². The van der Waals surface area contributed by atoms with E-state index >= 15 is 0 Å². The summed E-state index contributed by atoms with van der Waals surface area (Å²) in [4.78, 5) is 47.4. The second-order valence-corrected chi connectivity index (χ2v) is 6.56. The number of nitrogens with one attached hydrogen (secondary N) is 1. The van der Waals surface area contributed by atoms with E-state index in [1.807, 2.05) is 0 Å². The van der Waals surface area contributed by atoms with Crippen LogP contribution in [0.2, 0.25) is 0 Å². The topological polar surface area (TPSA) is 145 Å². The molecular formula is C21H22N2O8. The summed E-state index contributed by atoms with van der Waals surface area (Å²) >= 11 is 0. The van der Waals surface area contributed by atoms with E-state index in [-0.39, 0.29) is 12.1 Å². The van der Waals surface area contributed by atoms with Gasteiger partial charge in [0.15, 0.2) is 6.10 Å². The molecule has 10 heteroatoms. The second-order valence-electron chi connectivity index (χ2n) is 6.56. The Bertz CT molecular complexity index is 930. The molecule has 2 rings (SSSR count). The molecule has 1 amide bonds. The highest BCUT2D eigenvalue weighted by Crippen LogP contribution is 2.28. The molecule has 0 bridgehead atoms. The Morgan fingerprint density at radius 2 is 1.61 bits per heavy atom. The highest BCUT2D eigenvalue weighted by molar-refractivity contribution is 5.88. The van der Waals surface area contributed by atoms with Gasteiger partial charge in [0, 0.05) is 18.1 Å². The molecule has 0 aliphatic rings. The number of amides is 1. The molecule has 0 aliphatic heterocycles. The van der Waals surface area contributed by atoms with E-state index in [1.54, 1.807) is 30.3 Å². The van der Waals surface area contributed by atoms with Crippen LogP contribution in [0.4, 0.5) is 5.69 Å². The lowest BCUT2D eigenvalue weighted by atomic mass is 9.88. The van der Waals surface area contributed by atoms with Crippen molar-refractivity contribution in [3.05, 3.63) is 75.8 Å². The summed E-state index contributed by atoms with van der Waals surface area (Å²) in [6.07, 6.45) is -1.89. The van der Waals surface area contributed by atoms with Crippen LogP contribution in [0.3, 0.4) is 0 Å². The molecule has 0 heterocycles. The van der Waals surface area contributed by atoms with Crippen LogP contribution in [0.15, 0.2) is 54.6 Å². The molecule has 2 aromatic rings. The maximum Gasteiger partial charge on any atom is 0.329 e. The van der Waals surface area contributed by atoms with Crippen LogP contribution in [-0.2, 0) is 23.9 Å². The molecule has 0 aliphatic carbocycles. The van der Waals surface area contributed by atoms with Crippen molar-refractivity contribution in [3.63, 3.8) is 0 Å². The maximum absolute atomic E-state index is 12.6. The van der Waals surface area contributed by atoms with Gasteiger partial charge in [-0.15, -0.1) is 0 Å². The number of nitrogens with zero attached hydrogens (tertiary/aromatic N) is 1. The molecule has 0 spiro atoms. The van der Waals surface area contributed by atoms with Gasteiger partial charge in [0.25, 0.3) is 11.6 Å². The molecular weight excluding hydrogens is 408 g/mol. The van der Waals surface area contributed by atoms with Crippen molar-refractivity contribution in [2.45, 2.75) is 24.5 Å². The first-order chi connectivity index (χ1) is 14.8. The monoisotopic (exact) mass is 430 g/mol. The predicted molar refractivity (Wildman–Crippen MR) is 108 cm³/mol. The Balaban J connectivity index is 2.38. The molecule has 0 saturated heterocycles. The maximum atomic E-state index is 12.6. The van der Waals surface area contributed by atoms with Crippen LogP contribution in [0.5, 0.6) is 0 Å². The zero-order chi connectivity index (χ0) is 23.0. The Kier molecular flexibility index (Phi) is 8.21. The fraction of sp³-hybridized carbons (Fsp3) is 0.286. The number of carbonyl (C=O) groups excluding carboxylic acids is 3. The molecule has 0 aromatic heterocycles. The third-order valence-corrected chi connectivity index (χ3v) is 4.67. The van der Waals surface area contributed by atoms with Crippen molar-refractivity contribution in [2.75, 3.05) is 14.2 Å². The van der Waals surface area contributed by atoms with Gasteiger partial charge in [-0.05, 0) is 11.1 Å². The fourth-order valence-corrected chi connectivity index (χ4v) is 3.00. The largest absolute Gasteiger partial charge is 0.469 e. The van der Waals surface area contributed by atoms with E-state index < -0.39 is 40.8 Å². The van der Waals surface area contributed by atoms with Gasteiger partial charge in [-0.1, -0.05) is 42.5 Å². The summed E-state index contributed by atoms with van der Waals surface area (Å²) in [6.45, 7) is 0. The van der Waals surface area contributed by atoms with Gasteiger partial charge < -0.3 is 19.9 Å². The van der Waals surface area contributed by atoms with E-state index in [9.17, 15) is 29.6 Å². The number of rotatable bonds is 9. The third-order valence-electron chi connectivity index (χ3n) is 4.67. The van der Waals surface area contributed by atoms with Crippen molar-refractivity contribution >= 4 is 23.5 Å². The standard InChI is InChI=1S/C21H22N2O8/c1-30-17(24)12-16(13-8-10-15(11-9-13)23(28)29)18(21(27)31-2)22-20(26)19(25)14-6-4-3-5-7-14/h3-11,16,18-19,25H,12H2,1-2H3,(H,22,26)/t16-,18-,19-/m0/s1. The minimum atomic E-state index is -1.57. The number of hydrogen-bond acceptors (Lipinski definition) is 8. The van der Waals surface area contributed by atoms with Crippen LogP contribution in [-0.4, -0.2) is 48.1 Å². The number of aliphatic hydroxyl groups is 1. The number of methoxy groups -OCH3 is 2. The normalized spacial score (nSPS) is 13.4. The minimum Gasteiger partial charge on any atom is -0.469 e. The Morgan fingerprint density at radius 1 is 1.00 bits per heavy atom. The van der Waals surface area contributed by atoms with Crippen LogP contribution >= 0.6 is 0 Å². The SMILES string of the molecule is COC(=O)C[C@@H](c1ccc([N+](=O)[O-])cc1)[C@H](NC(=O)[C@@H](O)c1ccccc1)C(=O)OC. The molecule has 0 radical (unpaired) electrons. The number of nitro groups is 1. The van der Waals surface area contributed by atoms with Gasteiger partial charge in [0.2, 0.25) is 0 Å². The summed E-state index contributed by atoms with van der Waals surface area (Å²) in [5, 5.41) is 23.7. The van der Waals surface area contributed by atoms with E-state index in [4.69, 9.17) is 4.74 Å². The Morgan fingerprint density at radius 3 is 2.13 bits per heavy atom. The van der Waals surface area contributed by atoms with Gasteiger partial charge in [-0.2, -0.15) is 0 Å². The lowest BCUT2D eigenvalue weighted by Gasteiger charge is -2.26. The molecule has 164 valence electrons. The number of benzene rings is 2. The fourth-order valence-electron chi connectivity index (χ4n) is 3.00. The lowest BCUT2D eigenvalue weighted by Crippen LogP contribution is -2.47. The Labute approximate surface area is 177 Å². The number of carbonyl (C=O) groups is 3. The van der Waals surface area contributed by atoms with Crippen molar-refractivity contribution in [1.29, 1.82) is 0 Å². The zero-order valence-corrected chi connectivity index (χ0v) is 16.9. The summed E-state index contributed by atoms with van der Waals surface area (Å²) in [6, 6.07) is 11.9. The van der Waals surface area contributed by atoms with Crippen LogP contribution < -0.4 is 5.32 Å². The van der Waals surface area contributed by atoms with Crippen LogP contribution in [0, 0.1) is 10.1 Å². The van der Waals surface area contributed by atoms with Crippen molar-refractivity contribution in [3.8, 4) is 0 Å². The van der Waals surface area contributed by atoms with E-state index in [1.165, 1.54) is 31.4 Å². The number of esters is 2. The van der Waals surface area contributed by atoms with E-state index in [0.717, 1.165) is 7.11 Å². The molecule has 31 heavy (non-hydrogen) atoms. The molecule has 10 nitrogen and oxygen atoms in total. The summed E-state index contributed by atoms with van der Waals surface area (Å²) in [5.41, 5.74) is 0.489. The third kappa shape index (κ3) is 6.09. The lowest BCUT2D eigenvalue weighted by molar-refractivity contribution is -0.384. The molecule has 0 unspecified atom stereocenters. The molecule has 2 N–H and O–H groups in total. The smallest absolute Gasteiger partial charge is 0.329 e. The summed E-state index contributed by atoms with van der Waals surface area (Å²) < 4.78 is 9.47. The van der Waals surface area contributed by atoms with Gasteiger partial charge in [0.1, 0.15) is 6.04 Å². The van der Waals surface area contributed by atoms with Gasteiger partial charge in [0.05, 0.1) is 25.6 Å². The highest BCUT2D eigenvalue weighted by Gasteiger charge is 2.35. The van der Waals surface area contributed by atoms with Crippen LogP contribution in [0.1, 0.15) is 29.6 Å². The first-order valence-electron chi connectivity index (χ1n) is 9.20. The molecule has 0 fully saturated rings. The van der Waals surface area contributed by atoms with E-state index in [2.05, 4.69) is 10.1 Å². The first kappa shape index (κ1) is 23.5. The number of non-ortho nitro benzene ring substituents is 1. The number of nitro benzene ring substituents is 1. The molecule has 3 atom stereocenters. The van der Waals surface area contributed by atoms with Gasteiger partial charge in [-0.25, -0.2) is 4.79 Å². The zero-order valence-electron chi connectivity index (χ0n) is 16.9. The van der Waals surface area contributed by atoms with Gasteiger partial charge in [-0.3, -0.25) is 19.7 Å². The average molecular weight is 430 g/mol. The van der Waals surface area contributed by atoms with Crippen molar-refractivity contribution < 1.29 is 33.9 Å². The molecule has 2 aromatic carbocycles. The predicted octanol–water partition coefficient (Wildman–Crippen LogP) is 1.63. The summed E-state index contributed by atoms with van der Waals surface area (Å²) in [7, 11) is 2.28. The van der Waals surface area contributed by atoms with Crippen molar-refractivity contribution in [2.24, 2.45) is 0 Å². The molecule has 0 saturated carbocycles. The number of aliphatic hydroxyl groups excluding tert-OH is 1. The average Bonchev–Trinajstić information content (AvgIpc) is 2.80. The number of hydrogen-bond donors (Lipinski definition) is 2. The minimum absolute atomic E-state index is 0.182. The van der Waals surface area contributed by atoms with Gasteiger partial charge >= 0.3 is 11.9 Å².